The van der Waals surface area contributed by atoms with Crippen molar-refractivity contribution in [2.24, 2.45) is 5.10 Å². The Labute approximate surface area is 161 Å². The highest BCUT2D eigenvalue weighted by Gasteiger charge is 2.35. The molecule has 5 nitrogen and oxygen atoms in total. The van der Waals surface area contributed by atoms with Crippen molar-refractivity contribution in [2.75, 3.05) is 0 Å². The van der Waals surface area contributed by atoms with E-state index in [2.05, 4.69) is 10.1 Å². The summed E-state index contributed by atoms with van der Waals surface area (Å²) < 4.78 is 0. The molecular formula is C21H16ClN3O2. The van der Waals surface area contributed by atoms with Crippen LogP contribution in [0, 0.1) is 0 Å². The van der Waals surface area contributed by atoms with E-state index in [1.165, 1.54) is 5.01 Å². The Morgan fingerprint density at radius 2 is 1.85 bits per heavy atom. The summed E-state index contributed by atoms with van der Waals surface area (Å²) in [5.41, 5.74) is 2.58. The lowest BCUT2D eigenvalue weighted by atomic mass is 9.98. The van der Waals surface area contributed by atoms with Crippen LogP contribution in [0.2, 0.25) is 5.02 Å². The Balaban J connectivity index is 1.78. The molecule has 1 atom stereocenters. The van der Waals surface area contributed by atoms with Gasteiger partial charge < -0.3 is 5.11 Å². The number of phenols is 1. The van der Waals surface area contributed by atoms with Gasteiger partial charge in [-0.25, -0.2) is 5.01 Å². The van der Waals surface area contributed by atoms with Crippen molar-refractivity contribution in [3.05, 3.63) is 94.8 Å². The van der Waals surface area contributed by atoms with Crippen molar-refractivity contribution in [2.45, 2.75) is 12.5 Å². The number of hydrazone groups is 1. The van der Waals surface area contributed by atoms with Crippen LogP contribution in [0.5, 0.6) is 5.75 Å². The highest BCUT2D eigenvalue weighted by atomic mass is 35.5. The van der Waals surface area contributed by atoms with Crippen LogP contribution in [0.4, 0.5) is 0 Å². The topological polar surface area (TPSA) is 65.8 Å². The minimum atomic E-state index is -0.426. The number of rotatable bonds is 3. The number of hydrogen-bond donors (Lipinski definition) is 1. The Morgan fingerprint density at radius 1 is 1.07 bits per heavy atom. The summed E-state index contributed by atoms with van der Waals surface area (Å²) >= 11 is 6.22. The van der Waals surface area contributed by atoms with Crippen LogP contribution in [-0.4, -0.2) is 26.7 Å². The fraction of sp³-hybridized carbons (Fsp3) is 0.0952. The molecular weight excluding hydrogens is 362 g/mol. The molecule has 0 fully saturated rings. The number of aromatic nitrogens is 1. The van der Waals surface area contributed by atoms with E-state index in [4.69, 9.17) is 11.6 Å². The second kappa shape index (κ2) is 7.21. The minimum absolute atomic E-state index is 0.127. The smallest absolute Gasteiger partial charge is 0.276 e. The number of carbonyl (C=O) groups is 1. The van der Waals surface area contributed by atoms with Crippen molar-refractivity contribution in [3.8, 4) is 5.75 Å². The third-order valence-corrected chi connectivity index (χ3v) is 4.84. The first-order valence-electron chi connectivity index (χ1n) is 8.49. The van der Waals surface area contributed by atoms with E-state index in [1.807, 2.05) is 18.2 Å². The SMILES string of the molecule is O=C(c1ccccc1Cl)N1N=C(c2cccnc2)CC1c1ccccc1O. The van der Waals surface area contributed by atoms with Gasteiger partial charge in [0.1, 0.15) is 5.75 Å². The zero-order valence-electron chi connectivity index (χ0n) is 14.3. The Hall–Kier alpha value is -3.18. The highest BCUT2D eigenvalue weighted by molar-refractivity contribution is 6.33. The fourth-order valence-corrected chi connectivity index (χ4v) is 3.39. The Bertz CT molecular complexity index is 1020. The molecule has 3 aromatic rings. The lowest BCUT2D eigenvalue weighted by Gasteiger charge is -2.23. The summed E-state index contributed by atoms with van der Waals surface area (Å²) in [6.07, 6.45) is 3.87. The maximum atomic E-state index is 13.2. The monoisotopic (exact) mass is 377 g/mol. The van der Waals surface area contributed by atoms with E-state index in [-0.39, 0.29) is 11.7 Å². The second-order valence-electron chi connectivity index (χ2n) is 6.20. The summed E-state index contributed by atoms with van der Waals surface area (Å²) in [6.45, 7) is 0. The number of aromatic hydroxyl groups is 1. The molecule has 0 saturated heterocycles. The zero-order valence-corrected chi connectivity index (χ0v) is 15.0. The third kappa shape index (κ3) is 3.29. The zero-order chi connectivity index (χ0) is 18.8. The van der Waals surface area contributed by atoms with Gasteiger partial charge >= 0.3 is 0 Å². The molecule has 2 aromatic carbocycles. The summed E-state index contributed by atoms with van der Waals surface area (Å²) in [6, 6.07) is 17.2. The molecule has 0 radical (unpaired) electrons. The lowest BCUT2D eigenvalue weighted by molar-refractivity contribution is 0.0710. The average molecular weight is 378 g/mol. The van der Waals surface area contributed by atoms with Gasteiger partial charge in [0.2, 0.25) is 0 Å². The third-order valence-electron chi connectivity index (χ3n) is 4.51. The molecule has 0 aliphatic carbocycles. The van der Waals surface area contributed by atoms with Gasteiger partial charge in [-0.1, -0.05) is 48.0 Å². The fourth-order valence-electron chi connectivity index (χ4n) is 3.18. The van der Waals surface area contributed by atoms with Crippen LogP contribution in [0.25, 0.3) is 0 Å². The number of pyridine rings is 1. The van der Waals surface area contributed by atoms with Crippen LogP contribution < -0.4 is 0 Å². The van der Waals surface area contributed by atoms with Gasteiger partial charge in [-0.15, -0.1) is 0 Å². The summed E-state index contributed by atoms with van der Waals surface area (Å²) in [5, 5.41) is 16.7. The summed E-state index contributed by atoms with van der Waals surface area (Å²) in [5.74, 6) is -0.185. The summed E-state index contributed by atoms with van der Waals surface area (Å²) in [7, 11) is 0. The first kappa shape index (κ1) is 17.2. The second-order valence-corrected chi connectivity index (χ2v) is 6.60. The maximum Gasteiger partial charge on any atom is 0.276 e. The molecule has 1 aromatic heterocycles. The first-order valence-corrected chi connectivity index (χ1v) is 8.87. The van der Waals surface area contributed by atoms with Gasteiger partial charge in [-0.2, -0.15) is 5.10 Å². The van der Waals surface area contributed by atoms with Gasteiger partial charge in [-0.05, 0) is 24.3 Å². The van der Waals surface area contributed by atoms with E-state index < -0.39 is 6.04 Å². The number of hydrogen-bond acceptors (Lipinski definition) is 4. The largest absolute Gasteiger partial charge is 0.508 e. The predicted octanol–water partition coefficient (Wildman–Crippen LogP) is 4.43. The molecule has 6 heteroatoms. The minimum Gasteiger partial charge on any atom is -0.508 e. The number of phenolic OH excluding ortho intramolecular Hbond substituents is 1. The maximum absolute atomic E-state index is 13.2. The van der Waals surface area contributed by atoms with E-state index in [0.717, 1.165) is 11.3 Å². The number of carbonyl (C=O) groups excluding carboxylic acids is 1. The Morgan fingerprint density at radius 3 is 2.59 bits per heavy atom. The number of halogens is 1. The molecule has 0 spiro atoms. The Kier molecular flexibility index (Phi) is 4.60. The lowest BCUT2D eigenvalue weighted by Crippen LogP contribution is -2.27. The van der Waals surface area contributed by atoms with Crippen molar-refractivity contribution in [1.29, 1.82) is 0 Å². The van der Waals surface area contributed by atoms with Crippen molar-refractivity contribution in [1.82, 2.24) is 9.99 Å². The van der Waals surface area contributed by atoms with E-state index in [0.29, 0.717) is 22.6 Å². The summed E-state index contributed by atoms with van der Waals surface area (Å²) in [4.78, 5) is 17.3. The normalized spacial score (nSPS) is 16.3. The van der Waals surface area contributed by atoms with Crippen LogP contribution in [0.3, 0.4) is 0 Å². The predicted molar refractivity (Wildman–Crippen MR) is 104 cm³/mol. The number of benzene rings is 2. The van der Waals surface area contributed by atoms with E-state index in [1.54, 1.807) is 54.9 Å². The van der Waals surface area contributed by atoms with Crippen LogP contribution in [0.15, 0.2) is 78.2 Å². The number of amides is 1. The van der Waals surface area contributed by atoms with Gasteiger partial charge in [0.05, 0.1) is 22.3 Å². The average Bonchev–Trinajstić information content (AvgIpc) is 3.14. The molecule has 1 aliphatic rings. The molecule has 1 aliphatic heterocycles. The molecule has 1 amide bonds. The van der Waals surface area contributed by atoms with Gasteiger partial charge in [0.25, 0.3) is 5.91 Å². The van der Waals surface area contributed by atoms with Crippen LogP contribution in [0.1, 0.15) is 33.9 Å². The highest BCUT2D eigenvalue weighted by Crippen LogP contribution is 2.38. The molecule has 27 heavy (non-hydrogen) atoms. The van der Waals surface area contributed by atoms with Crippen molar-refractivity contribution >= 4 is 23.2 Å². The first-order chi connectivity index (χ1) is 13.1. The van der Waals surface area contributed by atoms with Gasteiger partial charge in [0.15, 0.2) is 0 Å². The van der Waals surface area contributed by atoms with E-state index >= 15 is 0 Å². The molecule has 1 unspecified atom stereocenters. The van der Waals surface area contributed by atoms with E-state index in [9.17, 15) is 9.90 Å². The molecule has 0 bridgehead atoms. The van der Waals surface area contributed by atoms with Crippen molar-refractivity contribution < 1.29 is 9.90 Å². The molecule has 1 N–H and O–H groups in total. The van der Waals surface area contributed by atoms with Gasteiger partial charge in [-0.3, -0.25) is 9.78 Å². The van der Waals surface area contributed by atoms with Crippen molar-refractivity contribution in [3.63, 3.8) is 0 Å². The number of nitrogens with zero attached hydrogens (tertiary/aromatic N) is 3. The quantitative estimate of drug-likeness (QED) is 0.734. The standard InChI is InChI=1S/C21H16ClN3O2/c22-17-9-3-1-7-15(17)21(27)25-19(16-8-2-4-10-20(16)26)12-18(24-25)14-6-5-11-23-13-14/h1-11,13,19,26H,12H2. The molecule has 134 valence electrons. The molecule has 2 heterocycles. The van der Waals surface area contributed by atoms with Crippen LogP contribution in [-0.2, 0) is 0 Å². The molecule has 4 rings (SSSR count). The van der Waals surface area contributed by atoms with Crippen LogP contribution >= 0.6 is 11.6 Å². The van der Waals surface area contributed by atoms with Gasteiger partial charge in [0, 0.05) is 29.9 Å². The number of para-hydroxylation sites is 1. The molecule has 0 saturated carbocycles.